The minimum atomic E-state index is -0.938. The van der Waals surface area contributed by atoms with Crippen LogP contribution in [0.5, 0.6) is 11.5 Å². The van der Waals surface area contributed by atoms with E-state index in [-0.39, 0.29) is 0 Å². The summed E-state index contributed by atoms with van der Waals surface area (Å²) in [5.74, 6) is 0.274. The Morgan fingerprint density at radius 3 is 2.84 bits per heavy atom. The van der Waals surface area contributed by atoms with Gasteiger partial charge >= 0.3 is 5.97 Å². The number of hydrogen-bond acceptors (Lipinski definition) is 6. The molecule has 2 heterocycles. The van der Waals surface area contributed by atoms with Gasteiger partial charge in [-0.05, 0) is 30.8 Å². The van der Waals surface area contributed by atoms with Gasteiger partial charge in [0.1, 0.15) is 19.3 Å². The first-order chi connectivity index (χ1) is 12.1. The lowest BCUT2D eigenvalue weighted by atomic mass is 10.0. The van der Waals surface area contributed by atoms with Gasteiger partial charge in [0, 0.05) is 13.7 Å². The first-order valence-electron chi connectivity index (χ1n) is 7.93. The maximum Gasteiger partial charge on any atom is 0.325 e. The number of rotatable bonds is 7. The fourth-order valence-electron chi connectivity index (χ4n) is 2.88. The number of aromatic nitrogens is 2. The van der Waals surface area contributed by atoms with Crippen LogP contribution in [0.1, 0.15) is 23.0 Å². The molecule has 25 heavy (non-hydrogen) atoms. The van der Waals surface area contributed by atoms with Gasteiger partial charge in [-0.3, -0.25) is 14.8 Å². The lowest BCUT2D eigenvalue weighted by molar-refractivity contribution is -0.143. The predicted octanol–water partition coefficient (Wildman–Crippen LogP) is 1.58. The van der Waals surface area contributed by atoms with Crippen molar-refractivity contribution in [1.82, 2.24) is 15.1 Å². The molecule has 2 N–H and O–H groups in total. The van der Waals surface area contributed by atoms with Gasteiger partial charge in [0.2, 0.25) is 0 Å². The van der Waals surface area contributed by atoms with Gasteiger partial charge < -0.3 is 19.3 Å². The van der Waals surface area contributed by atoms with Gasteiger partial charge in [0.05, 0.1) is 18.0 Å². The molecule has 0 saturated heterocycles. The molecule has 1 atom stereocenters. The number of aromatic amines is 1. The zero-order valence-corrected chi connectivity index (χ0v) is 14.2. The zero-order chi connectivity index (χ0) is 17.8. The molecule has 0 amide bonds. The number of likely N-dealkylation sites (N-methyl/N-ethyl adjacent to an activating group) is 1. The Labute approximate surface area is 145 Å². The standard InChI is InChI=1S/C17H21N3O5/c1-20(9-12-8-13(10-23-2)19-18-12)16(17(21)22)11-3-4-14-15(7-11)25-6-5-24-14/h3-4,7-8,16H,5-6,9-10H2,1-2H3,(H,18,19)(H,21,22)/t16-/m0/s1. The molecule has 1 aromatic carbocycles. The average Bonchev–Trinajstić information content (AvgIpc) is 3.02. The van der Waals surface area contributed by atoms with Crippen LogP contribution in [0.4, 0.5) is 0 Å². The van der Waals surface area contributed by atoms with Gasteiger partial charge in [0.15, 0.2) is 11.5 Å². The van der Waals surface area contributed by atoms with E-state index in [9.17, 15) is 9.90 Å². The van der Waals surface area contributed by atoms with E-state index in [1.807, 2.05) is 6.07 Å². The fraction of sp³-hybridized carbons (Fsp3) is 0.412. The number of carboxylic acids is 1. The van der Waals surface area contributed by atoms with Crippen molar-refractivity contribution >= 4 is 5.97 Å². The normalized spacial score (nSPS) is 14.5. The zero-order valence-electron chi connectivity index (χ0n) is 14.2. The molecule has 0 fully saturated rings. The number of benzene rings is 1. The van der Waals surface area contributed by atoms with Crippen molar-refractivity contribution in [2.45, 2.75) is 19.2 Å². The number of methoxy groups -OCH3 is 1. The second kappa shape index (κ2) is 7.54. The number of nitrogens with one attached hydrogen (secondary N) is 1. The van der Waals surface area contributed by atoms with Gasteiger partial charge in [-0.1, -0.05) is 6.07 Å². The Hall–Kier alpha value is -2.58. The van der Waals surface area contributed by atoms with Crippen LogP contribution in [0.15, 0.2) is 24.3 Å². The maximum atomic E-state index is 11.8. The molecule has 0 spiro atoms. The van der Waals surface area contributed by atoms with Crippen molar-refractivity contribution in [3.8, 4) is 11.5 Å². The molecule has 0 saturated carbocycles. The number of nitrogens with zero attached hydrogens (tertiary/aromatic N) is 2. The topological polar surface area (TPSA) is 96.9 Å². The number of carboxylic acid groups (broad SMARTS) is 1. The van der Waals surface area contributed by atoms with Crippen LogP contribution in [0, 0.1) is 0 Å². The highest BCUT2D eigenvalue weighted by molar-refractivity contribution is 5.76. The number of aliphatic carboxylic acids is 1. The monoisotopic (exact) mass is 347 g/mol. The molecule has 2 aromatic rings. The summed E-state index contributed by atoms with van der Waals surface area (Å²) in [7, 11) is 3.36. The van der Waals surface area contributed by atoms with Gasteiger partial charge in [0.25, 0.3) is 0 Å². The van der Waals surface area contributed by atoms with Crippen molar-refractivity contribution in [2.75, 3.05) is 27.4 Å². The summed E-state index contributed by atoms with van der Waals surface area (Å²) >= 11 is 0. The molecule has 1 aromatic heterocycles. The molecule has 134 valence electrons. The summed E-state index contributed by atoms with van der Waals surface area (Å²) in [4.78, 5) is 13.6. The third-order valence-corrected chi connectivity index (χ3v) is 3.95. The largest absolute Gasteiger partial charge is 0.486 e. The third-order valence-electron chi connectivity index (χ3n) is 3.95. The summed E-state index contributed by atoms with van der Waals surface area (Å²) in [6, 6.07) is 6.27. The molecule has 0 radical (unpaired) electrons. The van der Waals surface area contributed by atoms with E-state index < -0.39 is 12.0 Å². The number of fused-ring (bicyclic) bond motifs is 1. The highest BCUT2D eigenvalue weighted by Gasteiger charge is 2.27. The number of H-pyrrole nitrogens is 1. The van der Waals surface area contributed by atoms with Crippen molar-refractivity contribution < 1.29 is 24.1 Å². The van der Waals surface area contributed by atoms with Gasteiger partial charge in [-0.15, -0.1) is 0 Å². The Bertz CT molecular complexity index is 746. The molecule has 0 bridgehead atoms. The third kappa shape index (κ3) is 3.92. The van der Waals surface area contributed by atoms with E-state index in [4.69, 9.17) is 14.2 Å². The smallest absolute Gasteiger partial charge is 0.325 e. The molecular formula is C17H21N3O5. The minimum Gasteiger partial charge on any atom is -0.486 e. The molecule has 1 aliphatic rings. The van der Waals surface area contributed by atoms with Crippen LogP contribution in [0.25, 0.3) is 0 Å². The summed E-state index contributed by atoms with van der Waals surface area (Å²) < 4.78 is 16.1. The molecular weight excluding hydrogens is 326 g/mol. The van der Waals surface area contributed by atoms with E-state index in [1.54, 1.807) is 37.3 Å². The van der Waals surface area contributed by atoms with Crippen LogP contribution in [0.2, 0.25) is 0 Å². The van der Waals surface area contributed by atoms with Crippen LogP contribution in [-0.2, 0) is 22.7 Å². The molecule has 3 rings (SSSR count). The number of ether oxygens (including phenoxy) is 3. The van der Waals surface area contributed by atoms with Crippen molar-refractivity contribution in [1.29, 1.82) is 0 Å². The van der Waals surface area contributed by atoms with E-state index in [2.05, 4.69) is 10.2 Å². The summed E-state index contributed by atoms with van der Waals surface area (Å²) in [6.07, 6.45) is 0. The van der Waals surface area contributed by atoms with Crippen LogP contribution in [0.3, 0.4) is 0 Å². The maximum absolute atomic E-state index is 11.8. The summed E-state index contributed by atoms with van der Waals surface area (Å²) in [5, 5.41) is 16.8. The van der Waals surface area contributed by atoms with E-state index in [0.717, 1.165) is 11.4 Å². The van der Waals surface area contributed by atoms with E-state index in [1.165, 1.54) is 0 Å². The van der Waals surface area contributed by atoms with Gasteiger partial charge in [-0.2, -0.15) is 5.10 Å². The lowest BCUT2D eigenvalue weighted by Gasteiger charge is -2.26. The first kappa shape index (κ1) is 17.2. The number of hydrogen-bond donors (Lipinski definition) is 2. The van der Waals surface area contributed by atoms with Crippen LogP contribution < -0.4 is 9.47 Å². The summed E-state index contributed by atoms with van der Waals surface area (Å²) in [6.45, 7) is 1.77. The minimum absolute atomic E-state index is 0.381. The molecule has 8 nitrogen and oxygen atoms in total. The Balaban J connectivity index is 1.78. The second-order valence-corrected chi connectivity index (χ2v) is 5.88. The van der Waals surface area contributed by atoms with Crippen molar-refractivity contribution in [3.05, 3.63) is 41.2 Å². The lowest BCUT2D eigenvalue weighted by Crippen LogP contribution is -2.30. The van der Waals surface area contributed by atoms with Gasteiger partial charge in [-0.25, -0.2) is 0 Å². The fourth-order valence-corrected chi connectivity index (χ4v) is 2.88. The highest BCUT2D eigenvalue weighted by atomic mass is 16.6. The molecule has 8 heteroatoms. The van der Waals surface area contributed by atoms with Crippen molar-refractivity contribution in [2.24, 2.45) is 0 Å². The Kier molecular flexibility index (Phi) is 5.20. The SMILES string of the molecule is COCc1cc(CN(C)[C@H](C(=O)O)c2ccc3c(c2)OCCO3)n[nH]1. The predicted molar refractivity (Wildman–Crippen MR) is 88.6 cm³/mol. The molecule has 0 unspecified atom stereocenters. The van der Waals surface area contributed by atoms with Crippen LogP contribution in [-0.4, -0.2) is 53.5 Å². The second-order valence-electron chi connectivity index (χ2n) is 5.88. The first-order valence-corrected chi connectivity index (χ1v) is 7.93. The Morgan fingerprint density at radius 1 is 1.36 bits per heavy atom. The van der Waals surface area contributed by atoms with Crippen LogP contribution >= 0.6 is 0 Å². The average molecular weight is 347 g/mol. The van der Waals surface area contributed by atoms with E-state index in [0.29, 0.717) is 43.4 Å². The van der Waals surface area contributed by atoms with E-state index >= 15 is 0 Å². The number of carbonyl (C=O) groups is 1. The van der Waals surface area contributed by atoms with Crippen molar-refractivity contribution in [3.63, 3.8) is 0 Å². The Morgan fingerprint density at radius 2 is 2.12 bits per heavy atom. The molecule has 1 aliphatic heterocycles. The highest BCUT2D eigenvalue weighted by Crippen LogP contribution is 2.34. The summed E-state index contributed by atoms with van der Waals surface area (Å²) in [5.41, 5.74) is 2.22. The molecule has 0 aliphatic carbocycles. The quantitative estimate of drug-likeness (QED) is 0.785.